The van der Waals surface area contributed by atoms with Crippen LogP contribution < -0.4 is 14.3 Å². The van der Waals surface area contributed by atoms with Crippen LogP contribution in [0.25, 0.3) is 53.8 Å². The summed E-state index contributed by atoms with van der Waals surface area (Å²) in [5.74, 6) is 2.07. The SMILES string of the molecule is [CH2-]c1cc(C2CCCCC2)ccc1-c1cc(C(C)C)c([Si](C)(C)C)c[n+]1[CH2-].[CH2-]c1ccc2c(sc3cc(-c4ccccc4)ccc32)c1-c1cc(CC2CCCC2)cc[n+]1[CH2-].[Ir]. The van der Waals surface area contributed by atoms with E-state index in [1.54, 1.807) is 0 Å². The van der Waals surface area contributed by atoms with Crippen molar-refractivity contribution in [2.45, 2.75) is 110 Å². The topological polar surface area (TPSA) is 7.76 Å². The molecule has 0 saturated heterocycles. The average Bonchev–Trinajstić information content (AvgIpc) is 3.89. The van der Waals surface area contributed by atoms with Gasteiger partial charge < -0.3 is 9.13 Å². The van der Waals surface area contributed by atoms with Crippen LogP contribution in [0.4, 0.5) is 0 Å². The van der Waals surface area contributed by atoms with Crippen LogP contribution in [0.2, 0.25) is 19.6 Å². The van der Waals surface area contributed by atoms with Gasteiger partial charge in [-0.1, -0.05) is 162 Å². The van der Waals surface area contributed by atoms with Gasteiger partial charge in [0, 0.05) is 38.9 Å². The molecule has 9 rings (SSSR count). The van der Waals surface area contributed by atoms with Gasteiger partial charge in [-0.2, -0.15) is 37.1 Å². The maximum atomic E-state index is 4.42. The third-order valence-electron chi connectivity index (χ3n) is 13.3. The van der Waals surface area contributed by atoms with Crippen molar-refractivity contribution in [3.05, 3.63) is 165 Å². The van der Waals surface area contributed by atoms with Crippen molar-refractivity contribution in [2.75, 3.05) is 0 Å². The fourth-order valence-corrected chi connectivity index (χ4v) is 13.0. The van der Waals surface area contributed by atoms with Gasteiger partial charge in [-0.15, -0.1) is 34.6 Å². The first kappa shape index (κ1) is 44.8. The summed E-state index contributed by atoms with van der Waals surface area (Å²) in [5, 5.41) is 4.13. The first-order valence-corrected chi connectivity index (χ1v) is 26.8. The summed E-state index contributed by atoms with van der Waals surface area (Å²) in [6.45, 7) is 20.7. The number of aromatic nitrogens is 2. The van der Waals surface area contributed by atoms with Gasteiger partial charge in [0.15, 0.2) is 0 Å². The molecule has 5 heteroatoms. The number of nitrogens with zero attached hydrogens (tertiary/aromatic N) is 2. The van der Waals surface area contributed by atoms with Crippen LogP contribution in [-0.2, 0) is 26.5 Å². The van der Waals surface area contributed by atoms with Crippen molar-refractivity contribution < 1.29 is 29.2 Å². The monoisotopic (exact) mass is 1020 g/mol. The molecule has 2 fully saturated rings. The third kappa shape index (κ3) is 9.71. The number of hydrogen-bond donors (Lipinski definition) is 0. The van der Waals surface area contributed by atoms with Gasteiger partial charge >= 0.3 is 0 Å². The number of pyridine rings is 2. The smallest absolute Gasteiger partial charge is 0.0709 e. The standard InChI is InChI=1S/C31H28NS.C25H36NSi.Ir/c1-21-12-14-27-26-15-13-25(24-10-4-3-5-11-24)20-29(26)33-31(27)30(21)28-19-23(16-17-32(28)2)18-22-8-6-7-9-22;1-18(2)23-16-24(26(4)17-25(23)27(5,6)7)22-14-13-21(15-19(22)3)20-11-9-8-10-12-20;/h3-5,10-17,19-20,22H,1-2,6-9,18H2;13-18,20H,3-4,8-12H2,1-2,5-7H3;/q2*-1;. The molecule has 0 atom stereocenters. The molecular formula is C56H64IrN2SSi-2. The molecule has 1 radical (unpaired) electrons. The molecule has 0 amide bonds. The molecule has 0 bridgehead atoms. The number of hydrogen-bond acceptors (Lipinski definition) is 1. The van der Waals surface area contributed by atoms with E-state index in [1.807, 2.05) is 15.9 Å². The van der Waals surface area contributed by atoms with Crippen molar-refractivity contribution in [2.24, 2.45) is 5.92 Å². The van der Waals surface area contributed by atoms with E-state index in [9.17, 15) is 0 Å². The van der Waals surface area contributed by atoms with E-state index in [0.717, 1.165) is 28.7 Å². The molecule has 61 heavy (non-hydrogen) atoms. The minimum Gasteiger partial charge on any atom is -0.343 e. The summed E-state index contributed by atoms with van der Waals surface area (Å²) in [6, 6.07) is 35.8. The Morgan fingerprint density at radius 1 is 0.689 bits per heavy atom. The fourth-order valence-electron chi connectivity index (χ4n) is 9.93. The molecule has 2 aliphatic carbocycles. The summed E-state index contributed by atoms with van der Waals surface area (Å²) in [6.07, 6.45) is 17.9. The second kappa shape index (κ2) is 19.0. The Balaban J connectivity index is 0.000000185. The van der Waals surface area contributed by atoms with E-state index < -0.39 is 8.07 Å². The van der Waals surface area contributed by atoms with Crippen LogP contribution >= 0.6 is 11.3 Å². The molecule has 0 spiro atoms. The van der Waals surface area contributed by atoms with E-state index in [1.165, 1.54) is 134 Å². The molecular weight excluding hydrogens is 953 g/mol. The van der Waals surface area contributed by atoms with Gasteiger partial charge in [0.25, 0.3) is 0 Å². The largest absolute Gasteiger partial charge is 0.343 e. The molecule has 2 saturated carbocycles. The number of thiophene rings is 1. The van der Waals surface area contributed by atoms with Gasteiger partial charge in [0.1, 0.15) is 0 Å². The minimum absolute atomic E-state index is 0. The fraction of sp³-hybridized carbons (Fsp3) is 0.321. The van der Waals surface area contributed by atoms with E-state index in [0.29, 0.717) is 5.92 Å². The molecule has 319 valence electrons. The zero-order valence-electron chi connectivity index (χ0n) is 37.2. The summed E-state index contributed by atoms with van der Waals surface area (Å²) in [5.41, 5.74) is 13.9. The van der Waals surface area contributed by atoms with Crippen LogP contribution in [0.15, 0.2) is 109 Å². The van der Waals surface area contributed by atoms with E-state index in [-0.39, 0.29) is 20.1 Å². The molecule has 0 N–H and O–H groups in total. The molecule has 0 unspecified atom stereocenters. The van der Waals surface area contributed by atoms with Crippen molar-refractivity contribution in [3.63, 3.8) is 0 Å². The molecule has 3 heterocycles. The summed E-state index contributed by atoms with van der Waals surface area (Å²) >= 11 is 1.87. The summed E-state index contributed by atoms with van der Waals surface area (Å²) in [4.78, 5) is 0. The average molecular weight is 1020 g/mol. The first-order valence-electron chi connectivity index (χ1n) is 22.5. The molecule has 0 aliphatic heterocycles. The molecule has 7 aromatic rings. The van der Waals surface area contributed by atoms with Gasteiger partial charge in [-0.3, -0.25) is 0 Å². The van der Waals surface area contributed by atoms with Gasteiger partial charge in [-0.25, -0.2) is 0 Å². The van der Waals surface area contributed by atoms with Crippen molar-refractivity contribution in [3.8, 4) is 33.6 Å². The molecule has 2 aliphatic rings. The number of benzene rings is 4. The Morgan fingerprint density at radius 2 is 1.39 bits per heavy atom. The van der Waals surface area contributed by atoms with Crippen LogP contribution in [0, 0.1) is 33.9 Å². The normalized spacial score (nSPS) is 14.9. The number of rotatable bonds is 8. The zero-order chi connectivity index (χ0) is 42.1. The maximum absolute atomic E-state index is 4.42. The second-order valence-corrected chi connectivity index (χ2v) is 25.1. The van der Waals surface area contributed by atoms with E-state index in [2.05, 4.69) is 175 Å². The van der Waals surface area contributed by atoms with E-state index >= 15 is 0 Å². The zero-order valence-corrected chi connectivity index (χ0v) is 41.4. The van der Waals surface area contributed by atoms with Crippen molar-refractivity contribution >= 4 is 44.8 Å². The van der Waals surface area contributed by atoms with Crippen LogP contribution in [-0.4, -0.2) is 8.07 Å². The Hall–Kier alpha value is -4.25. The molecule has 3 aromatic heterocycles. The van der Waals surface area contributed by atoms with Crippen LogP contribution in [0.5, 0.6) is 0 Å². The molecule has 4 aromatic carbocycles. The number of fused-ring (bicyclic) bond motifs is 3. The first-order chi connectivity index (χ1) is 28.9. The third-order valence-corrected chi connectivity index (χ3v) is 16.5. The quantitative estimate of drug-likeness (QED) is 0.0814. The predicted molar refractivity (Wildman–Crippen MR) is 261 cm³/mol. The second-order valence-electron chi connectivity index (χ2n) is 19.1. The van der Waals surface area contributed by atoms with Gasteiger partial charge in [0.05, 0.1) is 31.9 Å². The van der Waals surface area contributed by atoms with Gasteiger partial charge in [0.2, 0.25) is 0 Å². The van der Waals surface area contributed by atoms with Crippen molar-refractivity contribution in [1.29, 1.82) is 0 Å². The Morgan fingerprint density at radius 3 is 2.08 bits per heavy atom. The van der Waals surface area contributed by atoms with Crippen LogP contribution in [0.3, 0.4) is 0 Å². The van der Waals surface area contributed by atoms with Gasteiger partial charge in [-0.05, 0) is 74.9 Å². The Bertz CT molecular complexity index is 2620. The summed E-state index contributed by atoms with van der Waals surface area (Å²) in [7, 11) is 7.24. The Labute approximate surface area is 385 Å². The minimum atomic E-state index is -1.42. The predicted octanol–water partition coefficient (Wildman–Crippen LogP) is 14.4. The van der Waals surface area contributed by atoms with E-state index in [4.69, 9.17) is 0 Å². The maximum Gasteiger partial charge on any atom is 0.0709 e. The van der Waals surface area contributed by atoms with Crippen LogP contribution in [0.1, 0.15) is 111 Å². The Kier molecular flexibility index (Phi) is 14.0. The van der Waals surface area contributed by atoms with Crippen molar-refractivity contribution in [1.82, 2.24) is 0 Å². The molecule has 2 nitrogen and oxygen atoms in total. The summed E-state index contributed by atoms with van der Waals surface area (Å²) < 4.78 is 6.71.